The van der Waals surface area contributed by atoms with Crippen molar-refractivity contribution in [1.82, 2.24) is 0 Å². The van der Waals surface area contributed by atoms with Gasteiger partial charge in [-0.3, -0.25) is 9.59 Å². The fourth-order valence-corrected chi connectivity index (χ4v) is 6.56. The lowest BCUT2D eigenvalue weighted by molar-refractivity contribution is -0.118. The first-order valence-corrected chi connectivity index (χ1v) is 15.3. The van der Waals surface area contributed by atoms with Crippen LogP contribution in [0.1, 0.15) is 86.3 Å². The van der Waals surface area contributed by atoms with E-state index in [1.54, 1.807) is 7.11 Å². The molecule has 3 aromatic rings. The Hall–Kier alpha value is -4.00. The van der Waals surface area contributed by atoms with Crippen LogP contribution in [-0.2, 0) is 11.2 Å². The van der Waals surface area contributed by atoms with Crippen LogP contribution in [0.2, 0.25) is 0 Å². The zero-order valence-corrected chi connectivity index (χ0v) is 25.1. The molecule has 2 heterocycles. The van der Waals surface area contributed by atoms with Gasteiger partial charge in [0.05, 0.1) is 19.3 Å². The average Bonchev–Trinajstić information content (AvgIpc) is 3.00. The van der Waals surface area contributed by atoms with Gasteiger partial charge in [0.25, 0.3) is 5.91 Å². The molecule has 3 aromatic carbocycles. The summed E-state index contributed by atoms with van der Waals surface area (Å²) in [6.07, 6.45) is 6.92. The van der Waals surface area contributed by atoms with Crippen LogP contribution in [0.4, 0.5) is 11.4 Å². The number of aryl methyl sites for hydroxylation is 1. The summed E-state index contributed by atoms with van der Waals surface area (Å²) in [6.45, 7) is 5.27. The number of primary amides is 1. The van der Waals surface area contributed by atoms with Crippen LogP contribution in [-0.4, -0.2) is 37.6 Å². The Morgan fingerprint density at radius 2 is 1.83 bits per heavy atom. The second-order valence-corrected chi connectivity index (χ2v) is 11.5. The highest BCUT2D eigenvalue weighted by atomic mass is 16.5. The summed E-state index contributed by atoms with van der Waals surface area (Å²) in [5, 5.41) is 0. The molecule has 2 aliphatic heterocycles. The number of ether oxygens (including phenoxy) is 2. The van der Waals surface area contributed by atoms with E-state index in [0.29, 0.717) is 17.7 Å². The summed E-state index contributed by atoms with van der Waals surface area (Å²) < 4.78 is 11.8. The van der Waals surface area contributed by atoms with Gasteiger partial charge in [0.15, 0.2) is 0 Å². The first-order valence-electron chi connectivity index (χ1n) is 15.3. The molecule has 2 amide bonds. The number of anilines is 2. The third kappa shape index (κ3) is 6.40. The predicted octanol–water partition coefficient (Wildman–Crippen LogP) is 6.83. The summed E-state index contributed by atoms with van der Waals surface area (Å²) in [6, 6.07) is 22.4. The first-order chi connectivity index (χ1) is 20.4. The van der Waals surface area contributed by atoms with Crippen molar-refractivity contribution in [2.75, 3.05) is 23.5 Å². The molecule has 0 bridgehead atoms. The molecule has 0 aromatic heterocycles. The quantitative estimate of drug-likeness (QED) is 0.274. The number of para-hydroxylation sites is 1. The number of nitrogens with two attached hydrogens (primary N) is 1. The van der Waals surface area contributed by atoms with Crippen molar-refractivity contribution in [3.05, 3.63) is 83.4 Å². The van der Waals surface area contributed by atoms with Crippen LogP contribution in [0.15, 0.2) is 66.7 Å². The van der Waals surface area contributed by atoms with Crippen molar-refractivity contribution < 1.29 is 19.1 Å². The highest BCUT2D eigenvalue weighted by Gasteiger charge is 2.38. The second kappa shape index (κ2) is 13.3. The molecule has 0 fully saturated rings. The van der Waals surface area contributed by atoms with Crippen LogP contribution in [0.3, 0.4) is 0 Å². The van der Waals surface area contributed by atoms with Gasteiger partial charge in [-0.25, -0.2) is 0 Å². The number of nitrogens with zero attached hydrogens (tertiary/aromatic N) is 2. The maximum absolute atomic E-state index is 13.8. The maximum Gasteiger partial charge on any atom is 0.258 e. The highest BCUT2D eigenvalue weighted by molar-refractivity contribution is 6.07. The van der Waals surface area contributed by atoms with Crippen LogP contribution >= 0.6 is 0 Å². The predicted molar refractivity (Wildman–Crippen MR) is 168 cm³/mol. The number of carbonyl (C=O) groups excluding carboxylic acids is 2. The average molecular weight is 570 g/mol. The number of fused-ring (bicyclic) bond motifs is 2. The lowest BCUT2D eigenvalue weighted by Gasteiger charge is -2.46. The number of benzene rings is 3. The second-order valence-electron chi connectivity index (χ2n) is 11.5. The van der Waals surface area contributed by atoms with E-state index < -0.39 is 0 Å². The van der Waals surface area contributed by atoms with Gasteiger partial charge in [-0.1, -0.05) is 37.6 Å². The SMILES string of the molecule is CCCC(CCCC(N)=O)Oc1ccc2c(c1)CCCN2C1CC(C)N(C(=O)c2cccc(OC)c2)c2ccccc21. The van der Waals surface area contributed by atoms with Crippen molar-refractivity contribution in [1.29, 1.82) is 0 Å². The number of hydrogen-bond acceptors (Lipinski definition) is 5. The molecule has 5 rings (SSSR count). The van der Waals surface area contributed by atoms with Gasteiger partial charge in [0, 0.05) is 35.9 Å². The lowest BCUT2D eigenvalue weighted by atomic mass is 9.87. The molecule has 42 heavy (non-hydrogen) atoms. The molecule has 0 radical (unpaired) electrons. The molecular weight excluding hydrogens is 526 g/mol. The van der Waals surface area contributed by atoms with Gasteiger partial charge in [-0.15, -0.1) is 0 Å². The van der Waals surface area contributed by atoms with E-state index in [4.69, 9.17) is 15.2 Å². The number of rotatable bonds is 11. The zero-order valence-electron chi connectivity index (χ0n) is 25.1. The molecule has 0 saturated heterocycles. The van der Waals surface area contributed by atoms with E-state index in [-0.39, 0.29) is 30.0 Å². The van der Waals surface area contributed by atoms with E-state index in [1.165, 1.54) is 16.8 Å². The van der Waals surface area contributed by atoms with Crippen molar-refractivity contribution in [3.63, 3.8) is 0 Å². The molecule has 2 N–H and O–H groups in total. The third-order valence-electron chi connectivity index (χ3n) is 8.54. The van der Waals surface area contributed by atoms with Gasteiger partial charge >= 0.3 is 0 Å². The number of amides is 2. The van der Waals surface area contributed by atoms with Crippen LogP contribution in [0.25, 0.3) is 0 Å². The normalized spacial score (nSPS) is 18.5. The smallest absolute Gasteiger partial charge is 0.258 e. The van der Waals surface area contributed by atoms with E-state index in [9.17, 15) is 9.59 Å². The zero-order chi connectivity index (χ0) is 29.6. The molecule has 0 aliphatic carbocycles. The topological polar surface area (TPSA) is 85.1 Å². The summed E-state index contributed by atoms with van der Waals surface area (Å²) in [5.74, 6) is 1.30. The van der Waals surface area contributed by atoms with E-state index in [2.05, 4.69) is 55.1 Å². The van der Waals surface area contributed by atoms with Gasteiger partial charge < -0.3 is 25.0 Å². The van der Waals surface area contributed by atoms with Crippen LogP contribution in [0, 0.1) is 0 Å². The first kappa shape index (κ1) is 29.5. The number of carbonyl (C=O) groups is 2. The fourth-order valence-electron chi connectivity index (χ4n) is 6.56. The van der Waals surface area contributed by atoms with E-state index in [1.807, 2.05) is 35.2 Å². The van der Waals surface area contributed by atoms with E-state index >= 15 is 0 Å². The summed E-state index contributed by atoms with van der Waals surface area (Å²) in [7, 11) is 1.62. The lowest BCUT2D eigenvalue weighted by Crippen LogP contribution is -2.47. The Bertz CT molecular complexity index is 1410. The van der Waals surface area contributed by atoms with Gasteiger partial charge in [-0.2, -0.15) is 0 Å². The van der Waals surface area contributed by atoms with Crippen molar-refractivity contribution in [3.8, 4) is 11.5 Å². The largest absolute Gasteiger partial charge is 0.497 e. The summed E-state index contributed by atoms with van der Waals surface area (Å²) in [5.41, 5.74) is 10.7. The molecule has 3 atom stereocenters. The molecule has 3 unspecified atom stereocenters. The van der Waals surface area contributed by atoms with Crippen molar-refractivity contribution in [2.24, 2.45) is 5.73 Å². The third-order valence-corrected chi connectivity index (χ3v) is 8.54. The molecular formula is C35H43N3O4. The Labute approximate surface area is 249 Å². The molecule has 7 nitrogen and oxygen atoms in total. The summed E-state index contributed by atoms with van der Waals surface area (Å²) >= 11 is 0. The van der Waals surface area contributed by atoms with Gasteiger partial charge in [0.2, 0.25) is 5.91 Å². The number of methoxy groups -OCH3 is 1. The Kier molecular flexibility index (Phi) is 9.35. The van der Waals surface area contributed by atoms with Crippen molar-refractivity contribution >= 4 is 23.2 Å². The maximum atomic E-state index is 13.8. The van der Waals surface area contributed by atoms with Gasteiger partial charge in [0.1, 0.15) is 11.5 Å². The minimum Gasteiger partial charge on any atom is -0.497 e. The highest BCUT2D eigenvalue weighted by Crippen LogP contribution is 2.45. The Morgan fingerprint density at radius 1 is 1.00 bits per heavy atom. The molecule has 7 heteroatoms. The number of hydrogen-bond donors (Lipinski definition) is 1. The Morgan fingerprint density at radius 3 is 2.62 bits per heavy atom. The summed E-state index contributed by atoms with van der Waals surface area (Å²) in [4.78, 5) is 29.5. The van der Waals surface area contributed by atoms with E-state index in [0.717, 1.165) is 62.9 Å². The molecule has 222 valence electrons. The van der Waals surface area contributed by atoms with Crippen LogP contribution < -0.4 is 25.0 Å². The molecule has 0 spiro atoms. The standard InChI is InChI=1S/C35H43N3O4/c1-4-10-27(13-8-17-34(36)39)42-29-18-19-31-25(22-29)12-9-20-37(31)33-21-24(2)38(32-16-6-5-15-30(32)33)35(40)26-11-7-14-28(23-26)41-3/h5-7,11,14-16,18-19,22-24,27,33H,4,8-10,12-13,17,20-21H2,1-3H3,(H2,36,39). The molecule has 2 aliphatic rings. The minimum atomic E-state index is -0.259. The minimum absolute atomic E-state index is 0.00871. The molecule has 0 saturated carbocycles. The Balaban J connectivity index is 1.39. The van der Waals surface area contributed by atoms with Crippen molar-refractivity contribution in [2.45, 2.75) is 83.4 Å². The van der Waals surface area contributed by atoms with Gasteiger partial charge in [-0.05, 0) is 99.0 Å². The van der Waals surface area contributed by atoms with Crippen LogP contribution in [0.5, 0.6) is 11.5 Å². The fraction of sp³-hybridized carbons (Fsp3) is 0.429. The monoisotopic (exact) mass is 569 g/mol.